The van der Waals surface area contributed by atoms with Crippen molar-refractivity contribution in [2.24, 2.45) is 0 Å². The van der Waals surface area contributed by atoms with Crippen LogP contribution >= 0.6 is 32.9 Å². The van der Waals surface area contributed by atoms with E-state index < -0.39 is 11.4 Å². The van der Waals surface area contributed by atoms with Crippen LogP contribution in [0.2, 0.25) is 0 Å². The molecule has 0 N–H and O–H groups in total. The van der Waals surface area contributed by atoms with Gasteiger partial charge in [0, 0.05) is 11.1 Å². The fourth-order valence-corrected chi connectivity index (χ4v) is 6.74. The normalized spacial score (nSPS) is 14.7. The van der Waals surface area contributed by atoms with Crippen LogP contribution in [0.1, 0.15) is 34.6 Å². The highest BCUT2D eigenvalue weighted by atomic mass is 32.9. The Labute approximate surface area is 163 Å². The predicted octanol–water partition coefficient (Wildman–Crippen LogP) is 6.55. The van der Waals surface area contributed by atoms with Crippen LogP contribution < -0.4 is 4.90 Å². The van der Waals surface area contributed by atoms with Gasteiger partial charge in [0.1, 0.15) is 9.64 Å². The molecular formula is C20H16FNOS3. The Morgan fingerprint density at radius 2 is 1.88 bits per heavy atom. The van der Waals surface area contributed by atoms with E-state index in [1.54, 1.807) is 37.7 Å². The highest BCUT2D eigenvalue weighted by molar-refractivity contribution is 7.80. The zero-order valence-electron chi connectivity index (χ0n) is 14.5. The summed E-state index contributed by atoms with van der Waals surface area (Å²) in [6, 6.07) is 12.1. The maximum Gasteiger partial charge on any atom is 0.262 e. The first-order chi connectivity index (χ1) is 12.3. The van der Waals surface area contributed by atoms with Crippen LogP contribution in [-0.4, -0.2) is 5.91 Å². The summed E-state index contributed by atoms with van der Waals surface area (Å²) >= 11 is 5.57. The van der Waals surface area contributed by atoms with Gasteiger partial charge in [0.2, 0.25) is 0 Å². The third kappa shape index (κ3) is 2.47. The van der Waals surface area contributed by atoms with Gasteiger partial charge >= 0.3 is 0 Å². The fourth-order valence-electron chi connectivity index (χ4n) is 3.45. The monoisotopic (exact) mass is 401 g/mol. The van der Waals surface area contributed by atoms with Crippen molar-refractivity contribution in [3.63, 3.8) is 0 Å². The first-order valence-corrected chi connectivity index (χ1v) is 10.7. The van der Waals surface area contributed by atoms with Crippen LogP contribution in [0.15, 0.2) is 42.5 Å². The molecule has 0 aliphatic carbocycles. The van der Waals surface area contributed by atoms with E-state index in [2.05, 4.69) is 0 Å². The lowest BCUT2D eigenvalue weighted by atomic mass is 9.86. The SMILES string of the molecule is Cc1ccc2c(c1)N(C(=O)c1ccccc1F)C(C)(C)c1ssc(=S)c1-2. The summed E-state index contributed by atoms with van der Waals surface area (Å²) in [6.45, 7) is 5.97. The van der Waals surface area contributed by atoms with Gasteiger partial charge in [-0.15, -0.1) is 0 Å². The standard InChI is InChI=1S/C20H16FNOS3/c1-11-8-9-13-15(10-11)22(18(23)12-6-4-5-7-14(12)21)20(2,3)17-16(13)19(24)26-25-17/h4-10H,1-3H3. The molecule has 1 aliphatic rings. The number of halogens is 1. The van der Waals surface area contributed by atoms with Crippen molar-refractivity contribution in [2.45, 2.75) is 26.3 Å². The van der Waals surface area contributed by atoms with Crippen molar-refractivity contribution in [1.82, 2.24) is 0 Å². The van der Waals surface area contributed by atoms with Crippen molar-refractivity contribution in [3.8, 4) is 11.1 Å². The minimum atomic E-state index is -0.617. The molecule has 26 heavy (non-hydrogen) atoms. The minimum Gasteiger partial charge on any atom is -0.297 e. The van der Waals surface area contributed by atoms with Crippen molar-refractivity contribution in [1.29, 1.82) is 0 Å². The van der Waals surface area contributed by atoms with Gasteiger partial charge in [-0.1, -0.05) is 57.2 Å². The lowest BCUT2D eigenvalue weighted by molar-refractivity contribution is 0.0957. The summed E-state index contributed by atoms with van der Waals surface area (Å²) in [7, 11) is 3.14. The zero-order chi connectivity index (χ0) is 18.6. The van der Waals surface area contributed by atoms with Gasteiger partial charge in [-0.05, 0) is 44.5 Å². The molecule has 1 aliphatic heterocycles. The van der Waals surface area contributed by atoms with Crippen LogP contribution in [0.25, 0.3) is 11.1 Å². The van der Waals surface area contributed by atoms with Crippen molar-refractivity contribution in [2.75, 3.05) is 4.90 Å². The summed E-state index contributed by atoms with van der Waals surface area (Å²) in [5.41, 5.74) is 3.26. The molecule has 132 valence electrons. The fraction of sp³-hybridized carbons (Fsp3) is 0.200. The number of hydrogen-bond acceptors (Lipinski definition) is 4. The second-order valence-corrected chi connectivity index (χ2v) is 9.67. The first-order valence-electron chi connectivity index (χ1n) is 8.16. The number of carbonyl (C=O) groups is 1. The largest absolute Gasteiger partial charge is 0.297 e. The molecule has 2 heterocycles. The van der Waals surface area contributed by atoms with Gasteiger partial charge in [-0.25, -0.2) is 4.39 Å². The van der Waals surface area contributed by atoms with E-state index in [9.17, 15) is 9.18 Å². The van der Waals surface area contributed by atoms with E-state index in [0.29, 0.717) is 0 Å². The third-order valence-corrected chi connectivity index (χ3v) is 8.05. The van der Waals surface area contributed by atoms with Crippen LogP contribution in [0.4, 0.5) is 10.1 Å². The number of amides is 1. The Balaban J connectivity index is 2.01. The van der Waals surface area contributed by atoms with E-state index in [0.717, 1.165) is 31.1 Å². The van der Waals surface area contributed by atoms with E-state index in [4.69, 9.17) is 12.2 Å². The molecule has 0 saturated carbocycles. The highest BCUT2D eigenvalue weighted by Crippen LogP contribution is 2.52. The molecule has 0 saturated heterocycles. The van der Waals surface area contributed by atoms with Crippen LogP contribution in [-0.2, 0) is 5.54 Å². The van der Waals surface area contributed by atoms with Crippen LogP contribution in [0.5, 0.6) is 0 Å². The quantitative estimate of drug-likeness (QED) is 0.340. The zero-order valence-corrected chi connectivity index (χ0v) is 16.9. The molecule has 1 aromatic heterocycles. The van der Waals surface area contributed by atoms with Gasteiger partial charge < -0.3 is 0 Å². The second-order valence-electron chi connectivity index (χ2n) is 6.86. The van der Waals surface area contributed by atoms with E-state index >= 15 is 0 Å². The number of hydrogen-bond donors (Lipinski definition) is 0. The highest BCUT2D eigenvalue weighted by Gasteiger charge is 2.43. The Kier molecular flexibility index (Phi) is 4.10. The Morgan fingerprint density at radius 1 is 1.15 bits per heavy atom. The number of fused-ring (bicyclic) bond motifs is 3. The maximum atomic E-state index is 14.3. The molecule has 0 spiro atoms. The van der Waals surface area contributed by atoms with Gasteiger partial charge in [-0.2, -0.15) is 0 Å². The number of anilines is 1. The number of carbonyl (C=O) groups excluding carboxylic acids is 1. The number of nitrogens with zero attached hydrogens (tertiary/aromatic N) is 1. The lowest BCUT2D eigenvalue weighted by Gasteiger charge is -2.43. The predicted molar refractivity (Wildman–Crippen MR) is 109 cm³/mol. The van der Waals surface area contributed by atoms with Crippen LogP contribution in [0.3, 0.4) is 0 Å². The molecule has 6 heteroatoms. The molecule has 2 nitrogen and oxygen atoms in total. The molecule has 0 atom stereocenters. The molecule has 0 fully saturated rings. The van der Waals surface area contributed by atoms with Gasteiger partial charge in [0.05, 0.1) is 21.7 Å². The Bertz CT molecular complexity index is 1100. The van der Waals surface area contributed by atoms with Gasteiger partial charge in [-0.3, -0.25) is 9.69 Å². The molecule has 0 radical (unpaired) electrons. The van der Waals surface area contributed by atoms with E-state index in [1.807, 2.05) is 39.0 Å². The molecule has 0 unspecified atom stereocenters. The van der Waals surface area contributed by atoms with E-state index in [-0.39, 0.29) is 11.5 Å². The van der Waals surface area contributed by atoms with E-state index in [1.165, 1.54) is 12.1 Å². The smallest absolute Gasteiger partial charge is 0.262 e. The molecule has 4 rings (SSSR count). The number of benzene rings is 2. The topological polar surface area (TPSA) is 20.3 Å². The maximum absolute atomic E-state index is 14.3. The summed E-state index contributed by atoms with van der Waals surface area (Å²) < 4.78 is 15.2. The molecule has 1 amide bonds. The van der Waals surface area contributed by atoms with Gasteiger partial charge in [0.15, 0.2) is 0 Å². The Hall–Kier alpha value is -1.89. The second kappa shape index (κ2) is 6.08. The Morgan fingerprint density at radius 3 is 2.62 bits per heavy atom. The van der Waals surface area contributed by atoms with Crippen molar-refractivity contribution in [3.05, 3.63) is 68.1 Å². The third-order valence-electron chi connectivity index (χ3n) is 4.72. The average Bonchev–Trinajstić information content (AvgIpc) is 2.98. The number of aryl methyl sites for hydroxylation is 1. The molecule has 3 aromatic rings. The number of rotatable bonds is 1. The van der Waals surface area contributed by atoms with Crippen LogP contribution in [0, 0.1) is 16.6 Å². The van der Waals surface area contributed by atoms with Crippen molar-refractivity contribution >= 4 is 44.5 Å². The summed E-state index contributed by atoms with van der Waals surface area (Å²) in [5.74, 6) is -0.846. The summed E-state index contributed by atoms with van der Waals surface area (Å²) in [5, 5.41) is 0. The molecule has 2 aromatic carbocycles. The average molecular weight is 402 g/mol. The van der Waals surface area contributed by atoms with Crippen molar-refractivity contribution < 1.29 is 9.18 Å². The first kappa shape index (κ1) is 17.5. The molecule has 0 bridgehead atoms. The summed E-state index contributed by atoms with van der Waals surface area (Å²) in [6.07, 6.45) is 0. The lowest BCUT2D eigenvalue weighted by Crippen LogP contribution is -2.48. The minimum absolute atomic E-state index is 0.0790. The molecular weight excluding hydrogens is 385 g/mol. The van der Waals surface area contributed by atoms with Gasteiger partial charge in [0.25, 0.3) is 5.91 Å². The summed E-state index contributed by atoms with van der Waals surface area (Å²) in [4.78, 5) is 16.2.